The average molecular weight is 560 g/mol. The second-order valence-corrected chi connectivity index (χ2v) is 11.2. The largest absolute Gasteiger partial charge is 0.496 e. The number of nitrogens with one attached hydrogen (secondary N) is 1. The van der Waals surface area contributed by atoms with E-state index >= 15 is 0 Å². The molecule has 2 amide bonds. The SMILES string of the molecule is COc1cc(CNC(=O)c2ccc(CN3C=C4C(=O)N(c5ccc(S(N)(=O)=O)cc5)N=C4CC3)cc2)ccc1C. The van der Waals surface area contributed by atoms with Gasteiger partial charge in [0.25, 0.3) is 11.8 Å². The van der Waals surface area contributed by atoms with Crippen molar-refractivity contribution < 1.29 is 22.7 Å². The van der Waals surface area contributed by atoms with Crippen LogP contribution in [-0.4, -0.2) is 44.5 Å². The number of amides is 2. The quantitative estimate of drug-likeness (QED) is 0.436. The van der Waals surface area contributed by atoms with E-state index in [4.69, 9.17) is 9.88 Å². The molecule has 5 rings (SSSR count). The summed E-state index contributed by atoms with van der Waals surface area (Å²) in [6.45, 7) is 3.61. The zero-order chi connectivity index (χ0) is 28.4. The maximum absolute atomic E-state index is 13.1. The molecule has 0 fully saturated rings. The van der Waals surface area contributed by atoms with Crippen LogP contribution in [0.4, 0.5) is 5.69 Å². The molecular formula is C29H29N5O5S. The van der Waals surface area contributed by atoms with Crippen molar-refractivity contribution in [2.75, 3.05) is 18.7 Å². The smallest absolute Gasteiger partial charge is 0.282 e. The Balaban J connectivity index is 1.20. The van der Waals surface area contributed by atoms with Crippen molar-refractivity contribution >= 4 is 33.2 Å². The maximum Gasteiger partial charge on any atom is 0.282 e. The predicted octanol–water partition coefficient (Wildman–Crippen LogP) is 3.07. The number of hydrogen-bond acceptors (Lipinski definition) is 7. The molecule has 0 aliphatic carbocycles. The van der Waals surface area contributed by atoms with Crippen LogP contribution in [0.1, 0.15) is 33.5 Å². The predicted molar refractivity (Wildman–Crippen MR) is 151 cm³/mol. The number of ether oxygens (including phenoxy) is 1. The number of carbonyl (C=O) groups is 2. The van der Waals surface area contributed by atoms with Gasteiger partial charge in [-0.05, 0) is 66.1 Å². The van der Waals surface area contributed by atoms with Crippen molar-refractivity contribution in [1.82, 2.24) is 10.2 Å². The number of methoxy groups -OCH3 is 1. The van der Waals surface area contributed by atoms with Gasteiger partial charge in [-0.2, -0.15) is 10.1 Å². The fourth-order valence-corrected chi connectivity index (χ4v) is 5.12. The molecule has 0 bridgehead atoms. The van der Waals surface area contributed by atoms with Gasteiger partial charge in [0.2, 0.25) is 10.0 Å². The molecule has 10 nitrogen and oxygen atoms in total. The standard InChI is InChI=1S/C29H29N5O5S/c1-19-3-4-21(15-27(19)39-2)16-31-28(35)22-7-5-20(6-8-22)17-33-14-13-26-25(18-33)29(36)34(32-26)23-9-11-24(12-10-23)40(30,37)38/h3-12,15,18H,13-14,16-17H2,1-2H3,(H,31,35)(H2,30,37,38). The Bertz CT molecular complexity index is 1630. The first kappa shape index (κ1) is 27.1. The molecule has 3 N–H and O–H groups in total. The molecular weight excluding hydrogens is 530 g/mol. The topological polar surface area (TPSA) is 134 Å². The first-order valence-electron chi connectivity index (χ1n) is 12.6. The molecule has 2 aliphatic rings. The van der Waals surface area contributed by atoms with E-state index in [1.807, 2.05) is 42.2 Å². The van der Waals surface area contributed by atoms with Gasteiger partial charge in [-0.3, -0.25) is 9.59 Å². The van der Waals surface area contributed by atoms with Gasteiger partial charge in [0.05, 0.1) is 29.0 Å². The highest BCUT2D eigenvalue weighted by Crippen LogP contribution is 2.28. The van der Waals surface area contributed by atoms with Crippen LogP contribution in [0.15, 0.2) is 88.5 Å². The lowest BCUT2D eigenvalue weighted by molar-refractivity contribution is -0.114. The summed E-state index contributed by atoms with van der Waals surface area (Å²) in [5.74, 6) is 0.343. The van der Waals surface area contributed by atoms with Gasteiger partial charge in [0.15, 0.2) is 0 Å². The molecule has 3 aromatic rings. The third-order valence-electron chi connectivity index (χ3n) is 6.84. The molecule has 0 spiro atoms. The molecule has 0 saturated carbocycles. The van der Waals surface area contributed by atoms with Crippen LogP contribution < -0.4 is 20.2 Å². The zero-order valence-electron chi connectivity index (χ0n) is 22.1. The maximum atomic E-state index is 13.1. The number of carbonyl (C=O) groups excluding carboxylic acids is 2. The summed E-state index contributed by atoms with van der Waals surface area (Å²) in [7, 11) is -2.20. The molecule has 11 heteroatoms. The first-order chi connectivity index (χ1) is 19.1. The number of hydrazone groups is 1. The average Bonchev–Trinajstić information content (AvgIpc) is 3.28. The summed E-state index contributed by atoms with van der Waals surface area (Å²) in [4.78, 5) is 27.7. The van der Waals surface area contributed by atoms with Crippen LogP contribution >= 0.6 is 0 Å². The number of sulfonamides is 1. The third-order valence-corrected chi connectivity index (χ3v) is 7.77. The van der Waals surface area contributed by atoms with E-state index in [2.05, 4.69) is 10.4 Å². The lowest BCUT2D eigenvalue weighted by atomic mass is 10.0. The van der Waals surface area contributed by atoms with Crippen LogP contribution in [0.5, 0.6) is 5.75 Å². The molecule has 0 unspecified atom stereocenters. The van der Waals surface area contributed by atoms with Crippen molar-refractivity contribution in [3.63, 3.8) is 0 Å². The van der Waals surface area contributed by atoms with Gasteiger partial charge in [-0.1, -0.05) is 24.3 Å². The normalized spacial score (nSPS) is 14.9. The number of anilines is 1. The molecule has 3 aromatic carbocycles. The van der Waals surface area contributed by atoms with E-state index in [9.17, 15) is 18.0 Å². The highest BCUT2D eigenvalue weighted by molar-refractivity contribution is 7.89. The Morgan fingerprint density at radius 3 is 2.42 bits per heavy atom. The van der Waals surface area contributed by atoms with Crippen LogP contribution in [0.25, 0.3) is 0 Å². The Morgan fingerprint density at radius 2 is 1.75 bits per heavy atom. The van der Waals surface area contributed by atoms with Gasteiger partial charge < -0.3 is 15.0 Å². The molecule has 40 heavy (non-hydrogen) atoms. The molecule has 0 atom stereocenters. The van der Waals surface area contributed by atoms with Crippen LogP contribution in [0, 0.1) is 6.92 Å². The van der Waals surface area contributed by atoms with Crippen LogP contribution in [0.2, 0.25) is 0 Å². The van der Waals surface area contributed by atoms with Gasteiger partial charge in [-0.15, -0.1) is 0 Å². The second kappa shape index (κ2) is 10.9. The van der Waals surface area contributed by atoms with Gasteiger partial charge >= 0.3 is 0 Å². The molecule has 0 saturated heterocycles. The summed E-state index contributed by atoms with van der Waals surface area (Å²) in [6, 6.07) is 18.9. The number of fused-ring (bicyclic) bond motifs is 1. The number of hydrogen-bond donors (Lipinski definition) is 2. The van der Waals surface area contributed by atoms with Gasteiger partial charge in [0, 0.05) is 37.8 Å². The summed E-state index contributed by atoms with van der Waals surface area (Å²) < 4.78 is 28.4. The second-order valence-electron chi connectivity index (χ2n) is 9.65. The Labute approximate surface area is 232 Å². The highest BCUT2D eigenvalue weighted by atomic mass is 32.2. The number of primary sulfonamides is 1. The van der Waals surface area contributed by atoms with Crippen LogP contribution in [0.3, 0.4) is 0 Å². The fourth-order valence-electron chi connectivity index (χ4n) is 4.60. The van der Waals surface area contributed by atoms with Crippen molar-refractivity contribution in [1.29, 1.82) is 0 Å². The summed E-state index contributed by atoms with van der Waals surface area (Å²) in [5.41, 5.74) is 5.20. The Morgan fingerprint density at radius 1 is 1.05 bits per heavy atom. The molecule has 0 aromatic heterocycles. The minimum Gasteiger partial charge on any atom is -0.496 e. The van der Waals surface area contributed by atoms with E-state index in [0.29, 0.717) is 48.6 Å². The van der Waals surface area contributed by atoms with E-state index < -0.39 is 10.0 Å². The van der Waals surface area contributed by atoms with Gasteiger partial charge in [0.1, 0.15) is 5.75 Å². The number of aryl methyl sites for hydroxylation is 1. The summed E-state index contributed by atoms with van der Waals surface area (Å²) in [6.07, 6.45) is 2.40. The Kier molecular flexibility index (Phi) is 7.42. The first-order valence-corrected chi connectivity index (χ1v) is 14.2. The van der Waals surface area contributed by atoms with E-state index in [1.54, 1.807) is 25.4 Å². The summed E-state index contributed by atoms with van der Waals surface area (Å²) in [5, 5.41) is 13.8. The van der Waals surface area contributed by atoms with Crippen LogP contribution in [-0.2, 0) is 27.9 Å². The van der Waals surface area contributed by atoms with Crippen molar-refractivity contribution in [3.8, 4) is 5.75 Å². The third kappa shape index (κ3) is 5.75. The molecule has 206 valence electrons. The number of rotatable bonds is 8. The van der Waals surface area contributed by atoms with E-state index in [0.717, 1.165) is 22.4 Å². The van der Waals surface area contributed by atoms with Crippen molar-refractivity contribution in [3.05, 3.63) is 101 Å². The summed E-state index contributed by atoms with van der Waals surface area (Å²) >= 11 is 0. The van der Waals surface area contributed by atoms with E-state index in [1.165, 1.54) is 29.3 Å². The number of nitrogens with two attached hydrogens (primary N) is 1. The zero-order valence-corrected chi connectivity index (χ0v) is 22.9. The van der Waals surface area contributed by atoms with Crippen molar-refractivity contribution in [2.24, 2.45) is 10.2 Å². The minimum absolute atomic E-state index is 0.0335. The number of nitrogens with zero attached hydrogens (tertiary/aromatic N) is 3. The Hall–Kier alpha value is -4.48. The number of benzene rings is 3. The minimum atomic E-state index is -3.82. The molecule has 2 heterocycles. The molecule has 0 radical (unpaired) electrons. The van der Waals surface area contributed by atoms with Gasteiger partial charge in [-0.25, -0.2) is 13.6 Å². The van der Waals surface area contributed by atoms with E-state index in [-0.39, 0.29) is 16.7 Å². The highest BCUT2D eigenvalue weighted by Gasteiger charge is 2.34. The lowest BCUT2D eigenvalue weighted by Gasteiger charge is -2.25. The van der Waals surface area contributed by atoms with Crippen molar-refractivity contribution in [2.45, 2.75) is 31.3 Å². The molecule has 2 aliphatic heterocycles. The monoisotopic (exact) mass is 559 g/mol. The lowest BCUT2D eigenvalue weighted by Crippen LogP contribution is -2.29. The fraction of sp³-hybridized carbons (Fsp3) is 0.207.